The number of morpholine rings is 1. The lowest BCUT2D eigenvalue weighted by Gasteiger charge is -2.37. The molecule has 1 saturated heterocycles. The molecule has 3 rings (SSSR count). The van der Waals surface area contributed by atoms with Gasteiger partial charge in [-0.3, -0.25) is 0 Å². The predicted octanol–water partition coefficient (Wildman–Crippen LogP) is 2.18. The van der Waals surface area contributed by atoms with Gasteiger partial charge in [0.2, 0.25) is 5.88 Å². The number of hydrogen-bond donors (Lipinski definition) is 1. The first-order valence-corrected chi connectivity index (χ1v) is 7.39. The van der Waals surface area contributed by atoms with Crippen LogP contribution in [0.1, 0.15) is 24.8 Å². The Kier molecular flexibility index (Phi) is 3.96. The van der Waals surface area contributed by atoms with Gasteiger partial charge in [0.05, 0.1) is 25.9 Å². The van der Waals surface area contributed by atoms with E-state index in [0.29, 0.717) is 24.7 Å². The van der Waals surface area contributed by atoms with Crippen molar-refractivity contribution in [3.63, 3.8) is 0 Å². The van der Waals surface area contributed by atoms with Crippen molar-refractivity contribution in [2.24, 2.45) is 0 Å². The second-order valence-corrected chi connectivity index (χ2v) is 5.60. The van der Waals surface area contributed by atoms with Crippen LogP contribution in [0.15, 0.2) is 12.3 Å². The summed E-state index contributed by atoms with van der Waals surface area (Å²) >= 11 is 0. The van der Waals surface area contributed by atoms with E-state index in [1.807, 2.05) is 17.9 Å². The summed E-state index contributed by atoms with van der Waals surface area (Å²) in [6.07, 6.45) is 5.09. The van der Waals surface area contributed by atoms with Crippen LogP contribution in [-0.4, -0.2) is 48.3 Å². The van der Waals surface area contributed by atoms with E-state index < -0.39 is 0 Å². The van der Waals surface area contributed by atoms with Gasteiger partial charge in [-0.15, -0.1) is 0 Å². The third-order valence-corrected chi connectivity index (χ3v) is 4.17. The quantitative estimate of drug-likeness (QED) is 0.907. The van der Waals surface area contributed by atoms with Gasteiger partial charge in [-0.2, -0.15) is 0 Å². The van der Waals surface area contributed by atoms with Gasteiger partial charge in [0.15, 0.2) is 0 Å². The molecule has 1 aromatic heterocycles. The number of fused-ring (bicyclic) bond motifs is 1. The zero-order chi connectivity index (χ0) is 14.8. The molecule has 1 saturated carbocycles. The summed E-state index contributed by atoms with van der Waals surface area (Å²) in [6.45, 7) is 3.18. The second kappa shape index (κ2) is 5.89. The molecule has 21 heavy (non-hydrogen) atoms. The molecule has 0 bridgehead atoms. The van der Waals surface area contributed by atoms with E-state index in [2.05, 4.69) is 10.3 Å². The Morgan fingerprint density at radius 3 is 3.19 bits per heavy atom. The van der Waals surface area contributed by atoms with Gasteiger partial charge in [-0.05, 0) is 37.8 Å². The maximum absolute atomic E-state index is 12.6. The van der Waals surface area contributed by atoms with E-state index >= 15 is 0 Å². The van der Waals surface area contributed by atoms with E-state index in [-0.39, 0.29) is 18.2 Å². The van der Waals surface area contributed by atoms with Crippen molar-refractivity contribution in [3.05, 3.63) is 17.8 Å². The first kappa shape index (κ1) is 14.1. The first-order chi connectivity index (χ1) is 10.2. The first-order valence-electron chi connectivity index (χ1n) is 7.39. The van der Waals surface area contributed by atoms with Crippen molar-refractivity contribution in [1.82, 2.24) is 9.88 Å². The van der Waals surface area contributed by atoms with Gasteiger partial charge in [-0.1, -0.05) is 0 Å². The number of methoxy groups -OCH3 is 1. The van der Waals surface area contributed by atoms with Crippen LogP contribution in [0.5, 0.6) is 5.88 Å². The summed E-state index contributed by atoms with van der Waals surface area (Å²) in [4.78, 5) is 18.6. The Bertz CT molecular complexity index is 535. The summed E-state index contributed by atoms with van der Waals surface area (Å²) < 4.78 is 10.9. The summed E-state index contributed by atoms with van der Waals surface area (Å²) in [5.74, 6) is 0.435. The van der Waals surface area contributed by atoms with Crippen molar-refractivity contribution >= 4 is 11.7 Å². The van der Waals surface area contributed by atoms with Crippen LogP contribution in [0, 0.1) is 6.92 Å². The predicted molar refractivity (Wildman–Crippen MR) is 78.6 cm³/mol. The minimum Gasteiger partial charge on any atom is -0.480 e. The number of aryl methyl sites for hydroxylation is 1. The molecule has 6 nitrogen and oxygen atoms in total. The second-order valence-electron chi connectivity index (χ2n) is 5.60. The molecule has 1 N–H and O–H groups in total. The van der Waals surface area contributed by atoms with Crippen LogP contribution in [0.3, 0.4) is 0 Å². The molecule has 2 unspecified atom stereocenters. The molecule has 1 aromatic rings. The Morgan fingerprint density at radius 2 is 2.38 bits per heavy atom. The average molecular weight is 291 g/mol. The smallest absolute Gasteiger partial charge is 0.322 e. The fourth-order valence-corrected chi connectivity index (χ4v) is 3.17. The third kappa shape index (κ3) is 2.81. The highest BCUT2D eigenvalue weighted by molar-refractivity contribution is 5.91. The molecule has 1 aliphatic heterocycles. The topological polar surface area (TPSA) is 63.7 Å². The van der Waals surface area contributed by atoms with Gasteiger partial charge >= 0.3 is 6.03 Å². The third-order valence-electron chi connectivity index (χ3n) is 4.17. The molecule has 0 radical (unpaired) electrons. The number of nitrogens with zero attached hydrogens (tertiary/aromatic N) is 2. The molecule has 0 spiro atoms. The zero-order valence-electron chi connectivity index (χ0n) is 12.5. The number of rotatable bonds is 2. The summed E-state index contributed by atoms with van der Waals surface area (Å²) in [5.41, 5.74) is 1.59. The maximum Gasteiger partial charge on any atom is 0.322 e. The number of carbonyl (C=O) groups is 1. The molecule has 114 valence electrons. The van der Waals surface area contributed by atoms with E-state index in [1.165, 1.54) is 0 Å². The van der Waals surface area contributed by atoms with Crippen molar-refractivity contribution in [2.75, 3.05) is 25.6 Å². The Morgan fingerprint density at radius 1 is 1.52 bits per heavy atom. The zero-order valence-corrected chi connectivity index (χ0v) is 12.5. The molecule has 0 aromatic carbocycles. The fourth-order valence-electron chi connectivity index (χ4n) is 3.17. The standard InChI is InChI=1S/C15H21N3O3/c1-10-8-11(14(20-2)16-9-10)17-15(19)18-6-7-21-13-5-3-4-12(13)18/h8-9,12-13H,3-7H2,1-2H3,(H,17,19). The molecule has 2 amide bonds. The maximum atomic E-state index is 12.6. The van der Waals surface area contributed by atoms with E-state index in [1.54, 1.807) is 13.3 Å². The number of ether oxygens (including phenoxy) is 2. The summed E-state index contributed by atoms with van der Waals surface area (Å²) in [7, 11) is 1.55. The van der Waals surface area contributed by atoms with E-state index in [0.717, 1.165) is 24.8 Å². The number of pyridine rings is 1. The van der Waals surface area contributed by atoms with Gasteiger partial charge in [-0.25, -0.2) is 9.78 Å². The number of hydrogen-bond acceptors (Lipinski definition) is 4. The van der Waals surface area contributed by atoms with Crippen LogP contribution < -0.4 is 10.1 Å². The number of amides is 2. The van der Waals surface area contributed by atoms with Crippen molar-refractivity contribution in [2.45, 2.75) is 38.3 Å². The lowest BCUT2D eigenvalue weighted by Crippen LogP contribution is -2.52. The number of urea groups is 1. The normalized spacial score (nSPS) is 24.6. The number of anilines is 1. The lowest BCUT2D eigenvalue weighted by molar-refractivity contribution is -0.0362. The van der Waals surface area contributed by atoms with Crippen LogP contribution in [0.25, 0.3) is 0 Å². The largest absolute Gasteiger partial charge is 0.480 e. The summed E-state index contributed by atoms with van der Waals surface area (Å²) in [5, 5.41) is 2.93. The SMILES string of the molecule is COc1ncc(C)cc1NC(=O)N1CCOC2CCCC21. The highest BCUT2D eigenvalue weighted by atomic mass is 16.5. The van der Waals surface area contributed by atoms with Crippen molar-refractivity contribution in [3.8, 4) is 5.88 Å². The van der Waals surface area contributed by atoms with Crippen LogP contribution in [0.2, 0.25) is 0 Å². The molecule has 2 aliphatic rings. The number of nitrogens with one attached hydrogen (secondary N) is 1. The van der Waals surface area contributed by atoms with Gasteiger partial charge in [0, 0.05) is 12.7 Å². The average Bonchev–Trinajstić information content (AvgIpc) is 2.95. The van der Waals surface area contributed by atoms with Gasteiger partial charge in [0.1, 0.15) is 5.69 Å². The van der Waals surface area contributed by atoms with Crippen LogP contribution >= 0.6 is 0 Å². The highest BCUT2D eigenvalue weighted by Crippen LogP contribution is 2.30. The van der Waals surface area contributed by atoms with Gasteiger partial charge in [0.25, 0.3) is 0 Å². The van der Waals surface area contributed by atoms with E-state index in [9.17, 15) is 4.79 Å². The van der Waals surface area contributed by atoms with Crippen molar-refractivity contribution < 1.29 is 14.3 Å². The molecular formula is C15H21N3O3. The van der Waals surface area contributed by atoms with Crippen LogP contribution in [-0.2, 0) is 4.74 Å². The number of aromatic nitrogens is 1. The Labute approximate surface area is 124 Å². The van der Waals surface area contributed by atoms with Crippen LogP contribution in [0.4, 0.5) is 10.5 Å². The molecule has 2 fully saturated rings. The summed E-state index contributed by atoms with van der Waals surface area (Å²) in [6, 6.07) is 1.97. The minimum absolute atomic E-state index is 0.0964. The minimum atomic E-state index is -0.0964. The molecule has 2 heterocycles. The Hall–Kier alpha value is -1.82. The molecule has 6 heteroatoms. The Balaban J connectivity index is 1.75. The molecular weight excluding hydrogens is 270 g/mol. The van der Waals surface area contributed by atoms with E-state index in [4.69, 9.17) is 9.47 Å². The van der Waals surface area contributed by atoms with Crippen molar-refractivity contribution in [1.29, 1.82) is 0 Å². The fraction of sp³-hybridized carbons (Fsp3) is 0.600. The molecule has 2 atom stereocenters. The molecule has 1 aliphatic carbocycles. The monoisotopic (exact) mass is 291 g/mol. The highest BCUT2D eigenvalue weighted by Gasteiger charge is 2.38. The lowest BCUT2D eigenvalue weighted by atomic mass is 10.1. The number of carbonyl (C=O) groups excluding carboxylic acids is 1. The van der Waals surface area contributed by atoms with Gasteiger partial charge < -0.3 is 19.7 Å².